The minimum absolute atomic E-state index is 0.0430. The first-order chi connectivity index (χ1) is 12.3. The maximum absolute atomic E-state index is 12.1. The molecular weight excluding hydrogens is 328 g/mol. The number of unbranched alkanes of at least 4 members (excludes halogenated alkanes) is 1. The van der Waals surface area contributed by atoms with E-state index in [1.165, 1.54) is 0 Å². The Morgan fingerprint density at radius 3 is 2.69 bits per heavy atom. The third-order valence-electron chi connectivity index (χ3n) is 4.82. The van der Waals surface area contributed by atoms with Crippen LogP contribution in [0.15, 0.2) is 48.6 Å². The Morgan fingerprint density at radius 1 is 1.31 bits per heavy atom. The first kappa shape index (κ1) is 22.1. The highest BCUT2D eigenvalue weighted by Crippen LogP contribution is 2.29. The van der Waals surface area contributed by atoms with Gasteiger partial charge in [0.05, 0.1) is 5.60 Å². The molecule has 0 radical (unpaired) electrons. The molecule has 0 saturated heterocycles. The Morgan fingerprint density at radius 2 is 2.04 bits per heavy atom. The minimum Gasteiger partial charge on any atom is -0.481 e. The number of hydrogen-bond acceptors (Lipinski definition) is 3. The summed E-state index contributed by atoms with van der Waals surface area (Å²) in [7, 11) is 0. The summed E-state index contributed by atoms with van der Waals surface area (Å²) in [5.41, 5.74) is -0.0817. The molecule has 1 unspecified atom stereocenters. The van der Waals surface area contributed by atoms with Gasteiger partial charge >= 0.3 is 5.97 Å². The molecule has 0 aromatic carbocycles. The molecule has 0 aliphatic heterocycles. The van der Waals surface area contributed by atoms with Crippen LogP contribution >= 0.6 is 0 Å². The molecule has 4 nitrogen and oxygen atoms in total. The normalized spacial score (nSPS) is 22.3. The van der Waals surface area contributed by atoms with Gasteiger partial charge in [0.25, 0.3) is 0 Å². The number of carbonyl (C=O) groups excluding carboxylic acids is 1. The zero-order valence-corrected chi connectivity index (χ0v) is 16.0. The van der Waals surface area contributed by atoms with Gasteiger partial charge in [-0.25, -0.2) is 0 Å². The van der Waals surface area contributed by atoms with Crippen molar-refractivity contribution in [2.45, 2.75) is 64.4 Å². The molecule has 0 bridgehead atoms. The topological polar surface area (TPSA) is 74.6 Å². The number of aliphatic carboxylic acids is 1. The summed E-state index contributed by atoms with van der Waals surface area (Å²) in [5, 5.41) is 19.1. The fourth-order valence-corrected chi connectivity index (χ4v) is 3.03. The van der Waals surface area contributed by atoms with Gasteiger partial charge in [0.1, 0.15) is 0 Å². The van der Waals surface area contributed by atoms with Crippen molar-refractivity contribution in [3.05, 3.63) is 48.6 Å². The summed E-state index contributed by atoms with van der Waals surface area (Å²) in [6, 6.07) is 0. The Bertz CT molecular complexity index is 581. The molecular formula is C22H32O4. The van der Waals surface area contributed by atoms with Crippen LogP contribution < -0.4 is 0 Å². The van der Waals surface area contributed by atoms with Crippen molar-refractivity contribution >= 4 is 11.8 Å². The van der Waals surface area contributed by atoms with E-state index in [0.717, 1.165) is 18.4 Å². The molecule has 3 atom stereocenters. The van der Waals surface area contributed by atoms with Crippen LogP contribution in [0.1, 0.15) is 58.8 Å². The van der Waals surface area contributed by atoms with E-state index in [0.29, 0.717) is 25.7 Å². The molecule has 144 valence electrons. The average Bonchev–Trinajstić information content (AvgIpc) is 2.91. The first-order valence-electron chi connectivity index (χ1n) is 9.44. The van der Waals surface area contributed by atoms with Crippen molar-refractivity contribution in [2.24, 2.45) is 11.8 Å². The number of carboxylic acids is 1. The summed E-state index contributed by atoms with van der Waals surface area (Å²) in [6.07, 6.45) is 15.8. The van der Waals surface area contributed by atoms with Crippen LogP contribution in [0.5, 0.6) is 0 Å². The molecule has 4 heteroatoms. The molecule has 1 aliphatic rings. The summed E-state index contributed by atoms with van der Waals surface area (Å²) < 4.78 is 0. The number of rotatable bonds is 12. The van der Waals surface area contributed by atoms with Crippen molar-refractivity contribution in [3.8, 4) is 0 Å². The van der Waals surface area contributed by atoms with E-state index in [1.54, 1.807) is 13.0 Å². The largest absolute Gasteiger partial charge is 0.481 e. The Labute approximate surface area is 157 Å². The van der Waals surface area contributed by atoms with E-state index in [-0.39, 0.29) is 24.0 Å². The molecule has 26 heavy (non-hydrogen) atoms. The highest BCUT2D eigenvalue weighted by molar-refractivity contribution is 5.95. The number of carboxylic acid groups (broad SMARTS) is 1. The summed E-state index contributed by atoms with van der Waals surface area (Å²) in [6.45, 7) is 7.81. The van der Waals surface area contributed by atoms with Gasteiger partial charge in [0.2, 0.25) is 0 Å². The van der Waals surface area contributed by atoms with Crippen LogP contribution in [0.3, 0.4) is 0 Å². The quantitative estimate of drug-likeness (QED) is 0.393. The molecule has 0 heterocycles. The number of aliphatic hydroxyl groups is 1. The van der Waals surface area contributed by atoms with Gasteiger partial charge in [-0.2, -0.15) is 0 Å². The first-order valence-corrected chi connectivity index (χ1v) is 9.44. The van der Waals surface area contributed by atoms with E-state index < -0.39 is 11.6 Å². The molecule has 0 saturated carbocycles. The van der Waals surface area contributed by atoms with Crippen molar-refractivity contribution in [3.63, 3.8) is 0 Å². The number of ketones is 1. The molecule has 0 aromatic rings. The van der Waals surface area contributed by atoms with Gasteiger partial charge in [-0.3, -0.25) is 9.59 Å². The standard InChI is InChI=1S/C22H32O4/c1-4-10-17(2)22(3,26)16-9-11-18-14-15-20(23)19(18)12-7-5-6-8-13-21(24)25/h5,7,9,11,14-15,18-19,26H,2,4,6,8,10,12-13,16H2,1,3H3,(H,24,25)/t18-,19+,22?/m0/s1. The molecule has 1 aliphatic carbocycles. The van der Waals surface area contributed by atoms with Gasteiger partial charge in [-0.1, -0.05) is 50.3 Å². The lowest BCUT2D eigenvalue weighted by molar-refractivity contribution is -0.137. The average molecular weight is 360 g/mol. The second kappa shape index (κ2) is 10.9. The van der Waals surface area contributed by atoms with Crippen LogP contribution in [-0.4, -0.2) is 27.6 Å². The predicted octanol–water partition coefficient (Wildman–Crippen LogP) is 4.61. The van der Waals surface area contributed by atoms with Crippen molar-refractivity contribution in [2.75, 3.05) is 0 Å². The Balaban J connectivity index is 2.50. The van der Waals surface area contributed by atoms with Crippen molar-refractivity contribution in [1.29, 1.82) is 0 Å². The van der Waals surface area contributed by atoms with E-state index in [2.05, 4.69) is 13.5 Å². The SMILES string of the molecule is C=C(CCC)C(C)(O)CC=C[C@H]1C=CC(=O)[C@@H]1CC=CCCCC(=O)O. The number of allylic oxidation sites excluding steroid dienone is 5. The lowest BCUT2D eigenvalue weighted by Crippen LogP contribution is -2.25. The fraction of sp³-hybridized carbons (Fsp3) is 0.545. The lowest BCUT2D eigenvalue weighted by Gasteiger charge is -2.24. The maximum Gasteiger partial charge on any atom is 0.303 e. The number of carbonyl (C=O) groups is 2. The van der Waals surface area contributed by atoms with E-state index in [4.69, 9.17) is 5.11 Å². The third-order valence-corrected chi connectivity index (χ3v) is 4.82. The molecule has 1 rings (SSSR count). The van der Waals surface area contributed by atoms with E-state index in [9.17, 15) is 14.7 Å². The second-order valence-corrected chi connectivity index (χ2v) is 7.20. The third kappa shape index (κ3) is 7.52. The van der Waals surface area contributed by atoms with Crippen molar-refractivity contribution in [1.82, 2.24) is 0 Å². The van der Waals surface area contributed by atoms with Crippen LogP contribution in [0.2, 0.25) is 0 Å². The lowest BCUT2D eigenvalue weighted by atomic mass is 9.87. The highest BCUT2D eigenvalue weighted by Gasteiger charge is 2.27. The Kier molecular flexibility index (Phi) is 9.28. The molecule has 0 fully saturated rings. The van der Waals surface area contributed by atoms with Gasteiger partial charge in [-0.15, -0.1) is 0 Å². The summed E-state index contributed by atoms with van der Waals surface area (Å²) >= 11 is 0. The monoisotopic (exact) mass is 360 g/mol. The number of hydrogen-bond donors (Lipinski definition) is 2. The van der Waals surface area contributed by atoms with Crippen molar-refractivity contribution < 1.29 is 19.8 Å². The Hall–Kier alpha value is -1.94. The second-order valence-electron chi connectivity index (χ2n) is 7.20. The zero-order valence-electron chi connectivity index (χ0n) is 16.0. The summed E-state index contributed by atoms with van der Waals surface area (Å²) in [4.78, 5) is 22.5. The predicted molar refractivity (Wildman–Crippen MR) is 105 cm³/mol. The van der Waals surface area contributed by atoms with Gasteiger partial charge in [0.15, 0.2) is 5.78 Å². The molecule has 0 amide bonds. The zero-order chi connectivity index (χ0) is 19.6. The molecule has 0 spiro atoms. The fourth-order valence-electron chi connectivity index (χ4n) is 3.03. The van der Waals surface area contributed by atoms with Crippen LogP contribution in [-0.2, 0) is 9.59 Å². The van der Waals surface area contributed by atoms with Crippen LogP contribution in [0.4, 0.5) is 0 Å². The molecule has 0 aromatic heterocycles. The smallest absolute Gasteiger partial charge is 0.303 e. The van der Waals surface area contributed by atoms with Gasteiger partial charge in [-0.05, 0) is 50.7 Å². The van der Waals surface area contributed by atoms with Gasteiger partial charge in [0, 0.05) is 18.3 Å². The minimum atomic E-state index is -0.918. The van der Waals surface area contributed by atoms with Crippen LogP contribution in [0, 0.1) is 11.8 Å². The molecule has 2 N–H and O–H groups in total. The van der Waals surface area contributed by atoms with E-state index in [1.807, 2.05) is 30.4 Å². The van der Waals surface area contributed by atoms with Gasteiger partial charge < -0.3 is 10.2 Å². The highest BCUT2D eigenvalue weighted by atomic mass is 16.4. The van der Waals surface area contributed by atoms with E-state index >= 15 is 0 Å². The maximum atomic E-state index is 12.1. The van der Waals surface area contributed by atoms with Crippen LogP contribution in [0.25, 0.3) is 0 Å². The summed E-state index contributed by atoms with van der Waals surface area (Å²) in [5.74, 6) is -0.722.